The van der Waals surface area contributed by atoms with Crippen LogP contribution in [0.4, 0.5) is 0 Å². The molecule has 0 spiro atoms. The van der Waals surface area contributed by atoms with Gasteiger partial charge < -0.3 is 29.0 Å². The van der Waals surface area contributed by atoms with Crippen molar-refractivity contribution in [2.24, 2.45) is 5.92 Å². The Morgan fingerprint density at radius 3 is 2.68 bits per heavy atom. The molecule has 3 aromatic rings. The molecule has 38 heavy (non-hydrogen) atoms. The van der Waals surface area contributed by atoms with Crippen molar-refractivity contribution < 1.29 is 14.2 Å². The van der Waals surface area contributed by atoms with Gasteiger partial charge in [0, 0.05) is 56.3 Å². The molecular weight excluding hydrogens is 482 g/mol. The maximum absolute atomic E-state index is 12.8. The number of hydrogen-bond donors (Lipinski definition) is 1. The van der Waals surface area contributed by atoms with Crippen LogP contribution in [0.1, 0.15) is 56.0 Å². The van der Waals surface area contributed by atoms with Crippen LogP contribution in [0.3, 0.4) is 0 Å². The summed E-state index contributed by atoms with van der Waals surface area (Å²) >= 11 is 0. The number of pyridine rings is 3. The predicted octanol–water partition coefficient (Wildman–Crippen LogP) is 4.12. The van der Waals surface area contributed by atoms with E-state index < -0.39 is 0 Å². The minimum atomic E-state index is -0.204. The van der Waals surface area contributed by atoms with Crippen molar-refractivity contribution in [3.05, 3.63) is 70.7 Å². The van der Waals surface area contributed by atoms with Crippen molar-refractivity contribution in [2.45, 2.75) is 63.9 Å². The van der Waals surface area contributed by atoms with Crippen LogP contribution in [-0.2, 0) is 17.8 Å². The molecule has 2 aliphatic heterocycles. The van der Waals surface area contributed by atoms with E-state index in [-0.39, 0.29) is 11.8 Å². The molecule has 1 saturated carbocycles. The van der Waals surface area contributed by atoms with Crippen molar-refractivity contribution in [1.82, 2.24) is 24.8 Å². The minimum absolute atomic E-state index is 0.0240. The Morgan fingerprint density at radius 2 is 1.87 bits per heavy atom. The highest BCUT2D eigenvalue weighted by atomic mass is 16.6. The number of ether oxygens (including phenoxy) is 3. The summed E-state index contributed by atoms with van der Waals surface area (Å²) in [7, 11) is 1.97. The fourth-order valence-corrected chi connectivity index (χ4v) is 5.77. The molecule has 0 radical (unpaired) electrons. The molecule has 9 nitrogen and oxygen atoms in total. The smallest absolute Gasteiger partial charge is 0.251 e. The van der Waals surface area contributed by atoms with E-state index in [9.17, 15) is 4.79 Å². The first-order chi connectivity index (χ1) is 18.6. The average Bonchev–Trinajstić information content (AvgIpc) is 3.39. The largest absolute Gasteiger partial charge is 0.486 e. The van der Waals surface area contributed by atoms with Gasteiger partial charge in [0.15, 0.2) is 17.7 Å². The van der Waals surface area contributed by atoms with Gasteiger partial charge in [-0.15, -0.1) is 0 Å². The van der Waals surface area contributed by atoms with Crippen LogP contribution in [0.5, 0.6) is 11.5 Å². The van der Waals surface area contributed by atoms with E-state index in [2.05, 4.69) is 15.3 Å². The van der Waals surface area contributed by atoms with E-state index in [4.69, 9.17) is 14.2 Å². The number of hydrogen-bond acceptors (Lipinski definition) is 8. The average molecular weight is 518 g/mol. The first-order valence-electron chi connectivity index (χ1n) is 13.7. The van der Waals surface area contributed by atoms with E-state index >= 15 is 0 Å². The summed E-state index contributed by atoms with van der Waals surface area (Å²) in [6, 6.07) is 7.98. The van der Waals surface area contributed by atoms with Gasteiger partial charge in [0.05, 0.1) is 22.9 Å². The SMILES string of the molecule is CN1C=COC1c1cnc2ccc(=O)n(CCCC3CCC(NCc4cc5c(cn4)OCCO5)CC3)c2c1. The van der Waals surface area contributed by atoms with Crippen LogP contribution < -0.4 is 20.3 Å². The van der Waals surface area contributed by atoms with E-state index in [1.807, 2.05) is 47.1 Å². The Morgan fingerprint density at radius 1 is 1.03 bits per heavy atom. The lowest BCUT2D eigenvalue weighted by Crippen LogP contribution is -2.33. The second-order valence-electron chi connectivity index (χ2n) is 10.5. The van der Waals surface area contributed by atoms with Crippen LogP contribution in [0, 0.1) is 5.92 Å². The van der Waals surface area contributed by atoms with Crippen LogP contribution >= 0.6 is 0 Å². The molecule has 5 heterocycles. The van der Waals surface area contributed by atoms with Gasteiger partial charge in [0.25, 0.3) is 5.56 Å². The zero-order valence-electron chi connectivity index (χ0n) is 21.8. The van der Waals surface area contributed by atoms with E-state index in [1.54, 1.807) is 18.5 Å². The number of nitrogens with zero attached hydrogens (tertiary/aromatic N) is 4. The summed E-state index contributed by atoms with van der Waals surface area (Å²) < 4.78 is 18.8. The van der Waals surface area contributed by atoms with Gasteiger partial charge in [-0.2, -0.15) is 0 Å². The lowest BCUT2D eigenvalue weighted by Gasteiger charge is -2.29. The minimum Gasteiger partial charge on any atom is -0.486 e. The lowest BCUT2D eigenvalue weighted by molar-refractivity contribution is 0.0728. The fourth-order valence-electron chi connectivity index (χ4n) is 5.77. The molecule has 0 aromatic carbocycles. The highest BCUT2D eigenvalue weighted by Crippen LogP contribution is 2.31. The molecule has 0 bridgehead atoms. The van der Waals surface area contributed by atoms with Gasteiger partial charge in [-0.3, -0.25) is 14.8 Å². The van der Waals surface area contributed by atoms with Gasteiger partial charge >= 0.3 is 0 Å². The molecule has 1 fully saturated rings. The molecule has 6 rings (SSSR count). The molecule has 1 unspecified atom stereocenters. The summed E-state index contributed by atoms with van der Waals surface area (Å²) in [5, 5.41) is 3.68. The molecule has 1 N–H and O–H groups in total. The van der Waals surface area contributed by atoms with Gasteiger partial charge in [-0.1, -0.05) is 0 Å². The number of aryl methyl sites for hydroxylation is 1. The summed E-state index contributed by atoms with van der Waals surface area (Å²) in [5.41, 5.74) is 3.66. The number of aromatic nitrogens is 3. The third kappa shape index (κ3) is 5.34. The normalized spacial score (nSPS) is 22.6. The van der Waals surface area contributed by atoms with E-state index in [1.165, 1.54) is 25.7 Å². The maximum Gasteiger partial charge on any atom is 0.251 e. The number of fused-ring (bicyclic) bond motifs is 2. The first kappa shape index (κ1) is 24.7. The Labute approximate surface area is 222 Å². The summed E-state index contributed by atoms with van der Waals surface area (Å²) in [5.74, 6) is 2.22. The number of nitrogens with one attached hydrogen (secondary N) is 1. The highest BCUT2D eigenvalue weighted by Gasteiger charge is 2.23. The Kier molecular flexibility index (Phi) is 7.18. The molecule has 9 heteroatoms. The standard InChI is InChI=1S/C29H35N5O4/c1-33-11-12-38-29(33)21-15-25-24(32-17-21)8-9-28(35)34(25)10-2-3-20-4-6-22(7-5-20)30-18-23-16-26-27(19-31-23)37-14-13-36-26/h8-9,11-12,15-17,19-20,22,29-30H,2-7,10,13-14,18H2,1H3. The molecule has 3 aromatic heterocycles. The van der Waals surface area contributed by atoms with Gasteiger partial charge in [-0.05, 0) is 56.6 Å². The Hall–Kier alpha value is -3.59. The van der Waals surface area contributed by atoms with E-state index in [0.717, 1.165) is 53.2 Å². The highest BCUT2D eigenvalue weighted by molar-refractivity contribution is 5.75. The topological polar surface area (TPSA) is 90.7 Å². The number of rotatable bonds is 8. The van der Waals surface area contributed by atoms with Crippen molar-refractivity contribution in [3.63, 3.8) is 0 Å². The van der Waals surface area contributed by atoms with Gasteiger partial charge in [0.1, 0.15) is 19.5 Å². The quantitative estimate of drug-likeness (QED) is 0.477. The van der Waals surface area contributed by atoms with Crippen LogP contribution in [0.2, 0.25) is 0 Å². The Bertz CT molecular complexity index is 1360. The lowest BCUT2D eigenvalue weighted by atomic mass is 9.83. The molecular formula is C29H35N5O4. The molecule has 3 aliphatic rings. The summed E-state index contributed by atoms with van der Waals surface area (Å²) in [4.78, 5) is 23.9. The molecule has 200 valence electrons. The van der Waals surface area contributed by atoms with Crippen molar-refractivity contribution >= 4 is 11.0 Å². The first-order valence-corrected chi connectivity index (χ1v) is 13.7. The van der Waals surface area contributed by atoms with Crippen molar-refractivity contribution in [2.75, 3.05) is 20.3 Å². The third-order valence-electron chi connectivity index (χ3n) is 7.92. The van der Waals surface area contributed by atoms with Crippen molar-refractivity contribution in [3.8, 4) is 11.5 Å². The van der Waals surface area contributed by atoms with Crippen molar-refractivity contribution in [1.29, 1.82) is 0 Å². The second kappa shape index (κ2) is 11.0. The summed E-state index contributed by atoms with van der Waals surface area (Å²) in [6.45, 7) is 2.61. The van der Waals surface area contributed by atoms with Crippen LogP contribution in [0.25, 0.3) is 11.0 Å². The fraction of sp³-hybridized carbons (Fsp3) is 0.483. The predicted molar refractivity (Wildman–Crippen MR) is 144 cm³/mol. The zero-order chi connectivity index (χ0) is 25.9. The Balaban J connectivity index is 1.00. The zero-order valence-corrected chi connectivity index (χ0v) is 21.8. The van der Waals surface area contributed by atoms with Crippen LogP contribution in [0.15, 0.2) is 53.9 Å². The second-order valence-corrected chi connectivity index (χ2v) is 10.5. The van der Waals surface area contributed by atoms with Gasteiger partial charge in [-0.25, -0.2) is 0 Å². The van der Waals surface area contributed by atoms with Gasteiger partial charge in [0.2, 0.25) is 0 Å². The molecule has 1 atom stereocenters. The maximum atomic E-state index is 12.8. The molecule has 0 saturated heterocycles. The molecule has 0 amide bonds. The third-order valence-corrected chi connectivity index (χ3v) is 7.92. The van der Waals surface area contributed by atoms with Crippen LogP contribution in [-0.4, -0.2) is 45.7 Å². The van der Waals surface area contributed by atoms with E-state index in [0.29, 0.717) is 31.7 Å². The monoisotopic (exact) mass is 517 g/mol. The molecule has 1 aliphatic carbocycles. The summed E-state index contributed by atoms with van der Waals surface area (Å²) in [6.07, 6.45) is 13.8.